The van der Waals surface area contributed by atoms with Crippen LogP contribution in [0.25, 0.3) is 110 Å². The van der Waals surface area contributed by atoms with Gasteiger partial charge in [0.1, 0.15) is 16.8 Å². The normalized spacial score (nSPS) is 11.6. The number of aromatic nitrogens is 5. The van der Waals surface area contributed by atoms with Crippen molar-refractivity contribution >= 4 is 53.6 Å². The maximum absolute atomic E-state index is 6.38. The molecule has 0 aliphatic carbocycles. The molecule has 0 spiro atoms. The third-order valence-electron chi connectivity index (χ3n) is 10.2. The van der Waals surface area contributed by atoms with Gasteiger partial charge in [-0.05, 0) is 41.5 Å². The first kappa shape index (κ1) is 32.1. The van der Waals surface area contributed by atoms with Crippen LogP contribution in [0.2, 0.25) is 0 Å². The van der Waals surface area contributed by atoms with Gasteiger partial charge in [-0.25, -0.2) is 24.9 Å². The Bertz CT molecular complexity index is 3250. The summed E-state index contributed by atoms with van der Waals surface area (Å²) in [5.74, 6) is 2.53. The van der Waals surface area contributed by atoms with E-state index in [4.69, 9.17) is 29.3 Å². The summed E-state index contributed by atoms with van der Waals surface area (Å²) in [6, 6.07) is 60.0. The zero-order valence-corrected chi connectivity index (χ0v) is 30.6. The van der Waals surface area contributed by atoms with Gasteiger partial charge in [-0.1, -0.05) is 146 Å². The van der Waals surface area contributed by atoms with Crippen LogP contribution in [-0.2, 0) is 0 Å². The molecule has 0 fully saturated rings. The topological polar surface area (TPSA) is 77.6 Å². The number of fused-ring (bicyclic) bond motifs is 6. The summed E-state index contributed by atoms with van der Waals surface area (Å²) in [5.41, 5.74) is 10.0. The second-order valence-electron chi connectivity index (χ2n) is 13.7. The van der Waals surface area contributed by atoms with Crippen molar-refractivity contribution in [2.24, 2.45) is 0 Å². The van der Waals surface area contributed by atoms with Crippen molar-refractivity contribution in [3.63, 3.8) is 0 Å². The van der Waals surface area contributed by atoms with E-state index in [0.717, 1.165) is 81.3 Å². The molecule has 11 rings (SSSR count). The fourth-order valence-electron chi connectivity index (χ4n) is 7.44. The van der Waals surface area contributed by atoms with E-state index in [1.54, 1.807) is 11.3 Å². The fourth-order valence-corrected chi connectivity index (χ4v) is 8.69. The summed E-state index contributed by atoms with van der Waals surface area (Å²) in [7, 11) is 0. The highest BCUT2D eigenvalue weighted by molar-refractivity contribution is 7.26. The third kappa shape index (κ3) is 5.52. The molecule has 56 heavy (non-hydrogen) atoms. The number of furan rings is 1. The maximum Gasteiger partial charge on any atom is 0.180 e. The Morgan fingerprint density at radius 3 is 1.73 bits per heavy atom. The van der Waals surface area contributed by atoms with Crippen molar-refractivity contribution in [2.45, 2.75) is 0 Å². The number of thiophene rings is 1. The van der Waals surface area contributed by atoms with Crippen LogP contribution in [-0.4, -0.2) is 24.9 Å². The average Bonchev–Trinajstić information content (AvgIpc) is 3.85. The molecule has 0 saturated heterocycles. The van der Waals surface area contributed by atoms with Crippen molar-refractivity contribution < 1.29 is 4.42 Å². The molecule has 7 aromatic carbocycles. The summed E-state index contributed by atoms with van der Waals surface area (Å²) in [5, 5.41) is 3.27. The first-order valence-electron chi connectivity index (χ1n) is 18.4. The van der Waals surface area contributed by atoms with Crippen LogP contribution in [0.5, 0.6) is 0 Å². The van der Waals surface area contributed by atoms with E-state index < -0.39 is 0 Å². The predicted octanol–water partition coefficient (Wildman–Crippen LogP) is 12.9. The van der Waals surface area contributed by atoms with E-state index >= 15 is 0 Å². The fraction of sp³-hybridized carbons (Fsp3) is 0. The molecule has 7 heteroatoms. The molecule has 0 N–H and O–H groups in total. The second-order valence-corrected chi connectivity index (χ2v) is 14.7. The van der Waals surface area contributed by atoms with E-state index in [-0.39, 0.29) is 0 Å². The molecule has 0 aliphatic rings. The number of hydrogen-bond donors (Lipinski definition) is 0. The van der Waals surface area contributed by atoms with Crippen LogP contribution in [0, 0.1) is 0 Å². The van der Waals surface area contributed by atoms with E-state index in [1.165, 1.54) is 0 Å². The Labute approximate surface area is 325 Å². The number of hydrogen-bond acceptors (Lipinski definition) is 7. The first-order valence-corrected chi connectivity index (χ1v) is 19.2. The molecule has 0 saturated carbocycles. The molecule has 0 atom stereocenters. The van der Waals surface area contributed by atoms with E-state index in [0.29, 0.717) is 28.9 Å². The van der Waals surface area contributed by atoms with Crippen molar-refractivity contribution in [2.75, 3.05) is 0 Å². The maximum atomic E-state index is 6.38. The quantitative estimate of drug-likeness (QED) is 0.169. The monoisotopic (exact) mass is 735 g/mol. The Morgan fingerprint density at radius 1 is 0.375 bits per heavy atom. The van der Waals surface area contributed by atoms with Gasteiger partial charge in [0.15, 0.2) is 28.9 Å². The lowest BCUT2D eigenvalue weighted by Crippen LogP contribution is -2.00. The molecular formula is C49H29N5OS. The molecule has 6 nitrogen and oxygen atoms in total. The molecule has 0 unspecified atom stereocenters. The minimum Gasteiger partial charge on any atom is -0.452 e. The predicted molar refractivity (Wildman–Crippen MR) is 228 cm³/mol. The second kappa shape index (κ2) is 13.2. The molecule has 11 aromatic rings. The molecule has 4 heterocycles. The minimum atomic E-state index is 0.617. The average molecular weight is 736 g/mol. The lowest BCUT2D eigenvalue weighted by atomic mass is 10.0. The molecule has 0 bridgehead atoms. The number of nitrogens with zero attached hydrogens (tertiary/aromatic N) is 5. The first-order chi connectivity index (χ1) is 27.7. The zero-order chi connectivity index (χ0) is 37.0. The standard InChI is InChI=1S/C49H29N5OS/c1-4-14-30(15-5-1)33-20-12-21-34(28-33)47-52-46(32-18-8-3-9-19-32)53-48(54-47)35-26-27-36-37-23-13-24-39(45(37)56-41(36)29-35)49-50-42(31-16-6-2-7-17-31)44-43(51-49)38-22-10-11-25-40(38)55-44/h1-29H. The van der Waals surface area contributed by atoms with Gasteiger partial charge in [0.25, 0.3) is 0 Å². The Morgan fingerprint density at radius 2 is 0.964 bits per heavy atom. The third-order valence-corrected chi connectivity index (χ3v) is 11.4. The van der Waals surface area contributed by atoms with Crippen LogP contribution in [0.15, 0.2) is 180 Å². The van der Waals surface area contributed by atoms with Gasteiger partial charge in [-0.2, -0.15) is 0 Å². The van der Waals surface area contributed by atoms with Gasteiger partial charge in [0, 0.05) is 53.4 Å². The Balaban J connectivity index is 1.07. The van der Waals surface area contributed by atoms with Gasteiger partial charge in [-0.15, -0.1) is 11.3 Å². The molecule has 4 aromatic heterocycles. The van der Waals surface area contributed by atoms with Gasteiger partial charge in [0.05, 0.1) is 0 Å². The Kier molecular flexibility index (Phi) is 7.57. The molecule has 0 radical (unpaired) electrons. The van der Waals surface area contributed by atoms with E-state index in [2.05, 4.69) is 103 Å². The van der Waals surface area contributed by atoms with Crippen LogP contribution in [0.4, 0.5) is 0 Å². The number of benzene rings is 7. The zero-order valence-electron chi connectivity index (χ0n) is 29.8. The van der Waals surface area contributed by atoms with Gasteiger partial charge in [0.2, 0.25) is 0 Å². The lowest BCUT2D eigenvalue weighted by Gasteiger charge is -2.10. The summed E-state index contributed by atoms with van der Waals surface area (Å²) in [6.07, 6.45) is 0. The minimum absolute atomic E-state index is 0.617. The highest BCUT2D eigenvalue weighted by Crippen LogP contribution is 2.42. The van der Waals surface area contributed by atoms with Gasteiger partial charge in [-0.3, -0.25) is 0 Å². The molecule has 0 amide bonds. The summed E-state index contributed by atoms with van der Waals surface area (Å²) in [6.45, 7) is 0. The van der Waals surface area contributed by atoms with E-state index in [1.807, 2.05) is 72.8 Å². The molecule has 0 aliphatic heterocycles. The van der Waals surface area contributed by atoms with Gasteiger partial charge < -0.3 is 4.42 Å². The molecular weight excluding hydrogens is 707 g/mol. The van der Waals surface area contributed by atoms with Crippen molar-refractivity contribution in [1.29, 1.82) is 0 Å². The Hall–Kier alpha value is -7.35. The van der Waals surface area contributed by atoms with Crippen molar-refractivity contribution in [1.82, 2.24) is 24.9 Å². The lowest BCUT2D eigenvalue weighted by molar-refractivity contribution is 0.667. The van der Waals surface area contributed by atoms with Crippen LogP contribution >= 0.6 is 11.3 Å². The highest BCUT2D eigenvalue weighted by atomic mass is 32.1. The van der Waals surface area contributed by atoms with Crippen LogP contribution in [0.3, 0.4) is 0 Å². The van der Waals surface area contributed by atoms with Crippen LogP contribution in [0.1, 0.15) is 0 Å². The van der Waals surface area contributed by atoms with Gasteiger partial charge >= 0.3 is 0 Å². The number of rotatable bonds is 6. The SMILES string of the molecule is c1ccc(-c2cccc(-c3nc(-c4ccccc4)nc(-c4ccc5c(c4)sc4c(-c6nc(-c7ccccc7)c7oc8ccccc8c7n6)cccc45)n3)c2)cc1. The number of para-hydroxylation sites is 1. The van der Waals surface area contributed by atoms with Crippen LogP contribution < -0.4 is 0 Å². The summed E-state index contributed by atoms with van der Waals surface area (Å²) in [4.78, 5) is 25.5. The van der Waals surface area contributed by atoms with E-state index in [9.17, 15) is 0 Å². The van der Waals surface area contributed by atoms with Crippen molar-refractivity contribution in [3.8, 4) is 67.9 Å². The largest absolute Gasteiger partial charge is 0.452 e. The summed E-state index contributed by atoms with van der Waals surface area (Å²) < 4.78 is 8.62. The molecule has 262 valence electrons. The van der Waals surface area contributed by atoms with Crippen molar-refractivity contribution in [3.05, 3.63) is 176 Å². The smallest absolute Gasteiger partial charge is 0.180 e. The summed E-state index contributed by atoms with van der Waals surface area (Å²) >= 11 is 1.73. The highest BCUT2D eigenvalue weighted by Gasteiger charge is 2.21.